The van der Waals surface area contributed by atoms with E-state index in [1.807, 2.05) is 18.2 Å². The summed E-state index contributed by atoms with van der Waals surface area (Å²) in [5.41, 5.74) is 6.36. The van der Waals surface area contributed by atoms with Crippen LogP contribution in [0.1, 0.15) is 57.7 Å². The fraction of sp³-hybridized carbons (Fsp3) is 0.447. The van der Waals surface area contributed by atoms with Crippen LogP contribution >= 0.6 is 0 Å². The second-order valence-corrected chi connectivity index (χ2v) is 13.0. The molecule has 17 nitrogen and oxygen atoms in total. The minimum atomic E-state index is -1.86. The number of hydrogen-bond acceptors (Lipinski definition) is 14. The largest absolute Gasteiger partial charge is 0.502 e. The maximum atomic E-state index is 13.6. The number of aryl methyl sites for hydroxylation is 1. The Kier molecular flexibility index (Phi) is 13.1. The number of carboxylic acid groups (broad SMARTS) is 1. The Morgan fingerprint density at radius 2 is 1.82 bits per heavy atom. The van der Waals surface area contributed by atoms with Crippen LogP contribution in [0.5, 0.6) is 28.7 Å². The molecular formula is C38H48N4O13. The quantitative estimate of drug-likeness (QED) is 0.0505. The lowest BCUT2D eigenvalue weighted by Gasteiger charge is -2.48. The Hall–Kier alpha value is -5.49. The van der Waals surface area contributed by atoms with E-state index in [-0.39, 0.29) is 83.3 Å². The first-order valence-electron chi connectivity index (χ1n) is 17.8. The molecule has 55 heavy (non-hydrogen) atoms. The second kappa shape index (κ2) is 17.8. The molecule has 1 saturated heterocycles. The van der Waals surface area contributed by atoms with Crippen LogP contribution in [0.25, 0.3) is 0 Å². The van der Waals surface area contributed by atoms with E-state index in [0.717, 1.165) is 12.0 Å². The molecule has 1 fully saturated rings. The van der Waals surface area contributed by atoms with Crippen molar-refractivity contribution in [1.29, 1.82) is 0 Å². The van der Waals surface area contributed by atoms with Crippen molar-refractivity contribution in [3.05, 3.63) is 70.3 Å². The molecule has 1 spiro atoms. The summed E-state index contributed by atoms with van der Waals surface area (Å²) in [5, 5.41) is 60.3. The number of carbonyl (C=O) groups excluding carboxylic acids is 1. The van der Waals surface area contributed by atoms with Gasteiger partial charge in [0.2, 0.25) is 12.0 Å². The van der Waals surface area contributed by atoms with E-state index in [1.54, 1.807) is 6.92 Å². The molecule has 298 valence electrons. The molecular weight excluding hydrogens is 720 g/mol. The lowest BCUT2D eigenvalue weighted by Crippen LogP contribution is -2.67. The van der Waals surface area contributed by atoms with Crippen LogP contribution < -0.4 is 35.3 Å². The summed E-state index contributed by atoms with van der Waals surface area (Å²) in [4.78, 5) is 29.5. The third-order valence-corrected chi connectivity index (χ3v) is 9.53. The number of carbonyl (C=O) groups is 2. The molecule has 0 amide bonds. The number of methoxy groups -OCH3 is 1. The van der Waals surface area contributed by atoms with Crippen molar-refractivity contribution in [1.82, 2.24) is 5.32 Å². The lowest BCUT2D eigenvalue weighted by molar-refractivity contribution is -0.320. The van der Waals surface area contributed by atoms with Gasteiger partial charge < -0.3 is 70.3 Å². The minimum absolute atomic E-state index is 0.0131. The van der Waals surface area contributed by atoms with E-state index in [4.69, 9.17) is 34.2 Å². The number of anilines is 1. The molecule has 0 unspecified atom stereocenters. The SMILES string of the molecule is CCNc1cc(O[C@@H]2O[C@@]3(CCc4c(cc(OCCc5cccc(CC)c5)c(O)c4OC)C(=O)OC3)[C@@H](O)[C@H](O)[C@H]2O)c(OCNC(N)=NC)cc1C(=O)O. The Bertz CT molecular complexity index is 1890. The van der Waals surface area contributed by atoms with Gasteiger partial charge in [-0.05, 0) is 43.4 Å². The van der Waals surface area contributed by atoms with Crippen molar-refractivity contribution in [3.8, 4) is 28.7 Å². The third-order valence-electron chi connectivity index (χ3n) is 9.53. The zero-order chi connectivity index (χ0) is 39.9. The summed E-state index contributed by atoms with van der Waals surface area (Å²) in [6, 6.07) is 11.9. The third kappa shape index (κ3) is 8.91. The number of benzene rings is 3. The Morgan fingerprint density at radius 1 is 1.05 bits per heavy atom. The highest BCUT2D eigenvalue weighted by atomic mass is 16.7. The molecule has 0 bridgehead atoms. The zero-order valence-electron chi connectivity index (χ0n) is 31.0. The Balaban J connectivity index is 1.42. The normalized spacial score (nSPS) is 22.5. The van der Waals surface area contributed by atoms with Crippen LogP contribution in [0.3, 0.4) is 0 Å². The molecule has 3 aromatic rings. The zero-order valence-corrected chi connectivity index (χ0v) is 31.0. The molecule has 0 aromatic heterocycles. The fourth-order valence-electron chi connectivity index (χ4n) is 6.50. The predicted octanol–water partition coefficient (Wildman–Crippen LogP) is 1.94. The molecule has 0 saturated carbocycles. The number of ether oxygens (including phenoxy) is 6. The van der Waals surface area contributed by atoms with Crippen molar-refractivity contribution in [2.24, 2.45) is 10.7 Å². The Labute approximate surface area is 317 Å². The maximum absolute atomic E-state index is 13.6. The monoisotopic (exact) mass is 768 g/mol. The molecule has 5 rings (SSSR count). The number of aliphatic hydroxyl groups excluding tert-OH is 3. The standard InChI is InChI=1S/C38H48N4O13/c1-5-20-8-7-9-21(14-20)11-13-51-28-15-23-22(32(50-4)29(28)43)10-12-38(18-52-35(23)49)33(46)30(44)31(45)36(55-38)54-27-17-25(41-6-2)24(34(47)48)16-26(27)53-19-42-37(39)40-3/h7-9,14-17,30-31,33,36,41,43-46H,5-6,10-13,18-19H2,1-4H3,(H,47,48)(H3,39,40,42)/t30-,31-,33+,36-,38-/m1/s1. The first kappa shape index (κ1) is 40.7. The van der Waals surface area contributed by atoms with Crippen LogP contribution in [-0.4, -0.2) is 114 Å². The van der Waals surface area contributed by atoms with Gasteiger partial charge in [-0.2, -0.15) is 0 Å². The van der Waals surface area contributed by atoms with Crippen LogP contribution in [0.4, 0.5) is 5.69 Å². The number of phenols is 1. The summed E-state index contributed by atoms with van der Waals surface area (Å²) in [6.07, 6.45) is -5.92. The van der Waals surface area contributed by atoms with E-state index < -0.39 is 48.7 Å². The van der Waals surface area contributed by atoms with Crippen molar-refractivity contribution < 1.29 is 63.5 Å². The van der Waals surface area contributed by atoms with Crippen LogP contribution in [0.15, 0.2) is 47.5 Å². The number of guanidine groups is 1. The van der Waals surface area contributed by atoms with Gasteiger partial charge in [-0.1, -0.05) is 31.2 Å². The molecule has 9 N–H and O–H groups in total. The summed E-state index contributed by atoms with van der Waals surface area (Å²) < 4.78 is 35.1. The van der Waals surface area contributed by atoms with Gasteiger partial charge in [0.1, 0.15) is 30.5 Å². The van der Waals surface area contributed by atoms with E-state index in [2.05, 4.69) is 28.6 Å². The fourth-order valence-corrected chi connectivity index (χ4v) is 6.50. The smallest absolute Gasteiger partial charge is 0.338 e. The number of rotatable bonds is 14. The van der Waals surface area contributed by atoms with Crippen molar-refractivity contribution >= 4 is 23.6 Å². The summed E-state index contributed by atoms with van der Waals surface area (Å²) in [7, 11) is 2.77. The average Bonchev–Trinajstić information content (AvgIpc) is 3.17. The van der Waals surface area contributed by atoms with Gasteiger partial charge in [0, 0.05) is 37.7 Å². The topological polar surface area (TPSA) is 253 Å². The van der Waals surface area contributed by atoms with Crippen molar-refractivity contribution in [2.75, 3.05) is 46.0 Å². The minimum Gasteiger partial charge on any atom is -0.502 e. The van der Waals surface area contributed by atoms with E-state index in [1.165, 1.54) is 37.9 Å². The van der Waals surface area contributed by atoms with Gasteiger partial charge in [-0.3, -0.25) is 4.99 Å². The maximum Gasteiger partial charge on any atom is 0.338 e. The highest BCUT2D eigenvalue weighted by Crippen LogP contribution is 2.45. The highest BCUT2D eigenvalue weighted by molar-refractivity contribution is 5.95. The van der Waals surface area contributed by atoms with Crippen molar-refractivity contribution in [2.45, 2.75) is 69.7 Å². The first-order valence-corrected chi connectivity index (χ1v) is 17.8. The number of nitrogens with two attached hydrogens (primary N) is 1. The number of aromatic carboxylic acids is 1. The predicted molar refractivity (Wildman–Crippen MR) is 198 cm³/mol. The highest BCUT2D eigenvalue weighted by Gasteiger charge is 2.56. The molecule has 5 atom stereocenters. The second-order valence-electron chi connectivity index (χ2n) is 13.0. The number of cyclic esters (lactones) is 1. The van der Waals surface area contributed by atoms with Gasteiger partial charge >= 0.3 is 11.9 Å². The first-order chi connectivity index (χ1) is 26.4. The average molecular weight is 769 g/mol. The van der Waals surface area contributed by atoms with E-state index in [9.17, 15) is 35.1 Å². The van der Waals surface area contributed by atoms with Crippen LogP contribution in [-0.2, 0) is 28.7 Å². The molecule has 2 heterocycles. The van der Waals surface area contributed by atoms with Crippen LogP contribution in [0.2, 0.25) is 0 Å². The molecule has 3 aromatic carbocycles. The number of esters is 1. The van der Waals surface area contributed by atoms with Crippen LogP contribution in [0, 0.1) is 0 Å². The van der Waals surface area contributed by atoms with E-state index >= 15 is 0 Å². The lowest BCUT2D eigenvalue weighted by atomic mass is 9.81. The summed E-state index contributed by atoms with van der Waals surface area (Å²) >= 11 is 0. The number of aliphatic hydroxyl groups is 3. The van der Waals surface area contributed by atoms with Gasteiger partial charge in [-0.15, -0.1) is 0 Å². The molecule has 17 heteroatoms. The van der Waals surface area contributed by atoms with Gasteiger partial charge in [0.05, 0.1) is 30.5 Å². The molecule has 2 aliphatic rings. The van der Waals surface area contributed by atoms with E-state index in [0.29, 0.717) is 13.0 Å². The summed E-state index contributed by atoms with van der Waals surface area (Å²) in [5.74, 6) is -2.67. The number of fused-ring (bicyclic) bond motifs is 1. The number of hydrogen-bond donors (Lipinski definition) is 8. The molecule has 0 radical (unpaired) electrons. The number of nitrogens with zero attached hydrogens (tertiary/aromatic N) is 1. The molecule has 2 aliphatic heterocycles. The molecule has 0 aliphatic carbocycles. The number of phenolic OH excluding ortho intramolecular Hbond substituents is 1. The summed E-state index contributed by atoms with van der Waals surface area (Å²) in [6.45, 7) is 3.52. The number of aliphatic imine (C=N–C) groups is 1. The van der Waals surface area contributed by atoms with Gasteiger partial charge in [0.25, 0.3) is 0 Å². The number of aromatic hydroxyl groups is 1. The number of carboxylic acids is 1. The van der Waals surface area contributed by atoms with Crippen molar-refractivity contribution in [3.63, 3.8) is 0 Å². The Morgan fingerprint density at radius 3 is 2.51 bits per heavy atom. The number of nitrogens with one attached hydrogen (secondary N) is 2. The van der Waals surface area contributed by atoms with Gasteiger partial charge in [-0.25, -0.2) is 9.59 Å². The van der Waals surface area contributed by atoms with Gasteiger partial charge in [0.15, 0.2) is 35.7 Å².